The Bertz CT molecular complexity index is 952. The minimum atomic E-state index is -0.907. The summed E-state index contributed by atoms with van der Waals surface area (Å²) in [5, 5.41) is 0. The molecular weight excluding hydrogens is 392 g/mol. The van der Waals surface area contributed by atoms with E-state index in [0.29, 0.717) is 0 Å². The summed E-state index contributed by atoms with van der Waals surface area (Å²) >= 11 is 0. The zero-order valence-electron chi connectivity index (χ0n) is 16.9. The van der Waals surface area contributed by atoms with Gasteiger partial charge in [-0.15, -0.1) is 0 Å². The Morgan fingerprint density at radius 2 is 1.00 bits per heavy atom. The number of ether oxygens (including phenoxy) is 4. The summed E-state index contributed by atoms with van der Waals surface area (Å²) < 4.78 is 19.9. The first-order valence-electron chi connectivity index (χ1n) is 9.30. The first kappa shape index (κ1) is 21.0. The number of benzene rings is 2. The highest BCUT2D eigenvalue weighted by Gasteiger charge is 2.31. The van der Waals surface area contributed by atoms with Gasteiger partial charge in [-0.1, -0.05) is 0 Å². The molecule has 0 spiro atoms. The van der Waals surface area contributed by atoms with Crippen LogP contribution in [0, 0.1) is 0 Å². The van der Waals surface area contributed by atoms with Crippen molar-refractivity contribution in [2.45, 2.75) is 39.9 Å². The molecule has 156 valence electrons. The summed E-state index contributed by atoms with van der Waals surface area (Å²) in [4.78, 5) is 49.1. The molecule has 1 aliphatic carbocycles. The molecule has 0 N–H and O–H groups in total. The van der Waals surface area contributed by atoms with Crippen LogP contribution in [0.25, 0.3) is 0 Å². The molecule has 30 heavy (non-hydrogen) atoms. The van der Waals surface area contributed by atoms with E-state index in [1.54, 1.807) is 27.7 Å². The van der Waals surface area contributed by atoms with E-state index in [9.17, 15) is 19.2 Å². The molecule has 0 bridgehead atoms. The molecular formula is C22H20O8. The second-order valence-corrected chi connectivity index (χ2v) is 7.11. The number of rotatable bonds is 4. The molecule has 1 aliphatic rings. The quantitative estimate of drug-likeness (QED) is 0.461. The Morgan fingerprint density at radius 1 is 0.633 bits per heavy atom. The fourth-order valence-electron chi connectivity index (χ4n) is 2.86. The lowest BCUT2D eigenvalue weighted by molar-refractivity contribution is 0.0715. The Labute approximate surface area is 172 Å². The summed E-state index contributed by atoms with van der Waals surface area (Å²) in [6.07, 6.45) is -2.54. The topological polar surface area (TPSA) is 105 Å². The van der Waals surface area contributed by atoms with E-state index in [-0.39, 0.29) is 46.0 Å². The van der Waals surface area contributed by atoms with Crippen molar-refractivity contribution in [3.05, 3.63) is 58.7 Å². The molecule has 0 saturated carbocycles. The monoisotopic (exact) mass is 412 g/mol. The van der Waals surface area contributed by atoms with Crippen LogP contribution in [-0.4, -0.2) is 36.1 Å². The highest BCUT2D eigenvalue weighted by Crippen LogP contribution is 2.32. The van der Waals surface area contributed by atoms with E-state index in [4.69, 9.17) is 18.9 Å². The third-order valence-electron chi connectivity index (χ3n) is 4.03. The maximum Gasteiger partial charge on any atom is 0.514 e. The van der Waals surface area contributed by atoms with Gasteiger partial charge in [0.1, 0.15) is 11.5 Å². The van der Waals surface area contributed by atoms with Gasteiger partial charge < -0.3 is 18.9 Å². The fraction of sp³-hybridized carbons (Fsp3) is 0.273. The van der Waals surface area contributed by atoms with Crippen LogP contribution < -0.4 is 9.47 Å². The molecule has 8 nitrogen and oxygen atoms in total. The van der Waals surface area contributed by atoms with Crippen LogP contribution in [0.15, 0.2) is 36.4 Å². The van der Waals surface area contributed by atoms with Crippen LogP contribution in [0.3, 0.4) is 0 Å². The Hall–Kier alpha value is -3.68. The molecule has 2 aromatic rings. The van der Waals surface area contributed by atoms with Crippen molar-refractivity contribution in [1.29, 1.82) is 0 Å². The van der Waals surface area contributed by atoms with Gasteiger partial charge in [-0.3, -0.25) is 9.59 Å². The maximum absolute atomic E-state index is 12.9. The van der Waals surface area contributed by atoms with E-state index >= 15 is 0 Å². The first-order valence-corrected chi connectivity index (χ1v) is 9.30. The summed E-state index contributed by atoms with van der Waals surface area (Å²) in [7, 11) is 0. The number of ketones is 2. The molecule has 0 atom stereocenters. The van der Waals surface area contributed by atoms with Crippen LogP contribution in [0.4, 0.5) is 9.59 Å². The number of fused-ring (bicyclic) bond motifs is 2. The molecule has 0 unspecified atom stereocenters. The van der Waals surface area contributed by atoms with Gasteiger partial charge in [0.25, 0.3) is 0 Å². The van der Waals surface area contributed by atoms with E-state index in [0.717, 1.165) is 0 Å². The van der Waals surface area contributed by atoms with Crippen molar-refractivity contribution in [2.75, 3.05) is 0 Å². The Kier molecular flexibility index (Phi) is 5.86. The minimum absolute atomic E-state index is 0.0837. The van der Waals surface area contributed by atoms with Gasteiger partial charge in [-0.25, -0.2) is 9.59 Å². The molecule has 0 aromatic heterocycles. The molecule has 0 amide bonds. The highest BCUT2D eigenvalue weighted by molar-refractivity contribution is 6.28. The first-order chi connectivity index (χ1) is 14.2. The zero-order valence-corrected chi connectivity index (χ0v) is 16.9. The van der Waals surface area contributed by atoms with E-state index < -0.39 is 23.9 Å². The van der Waals surface area contributed by atoms with E-state index in [1.165, 1.54) is 36.4 Å². The number of carbonyl (C=O) groups is 4. The zero-order chi connectivity index (χ0) is 22.0. The lowest BCUT2D eigenvalue weighted by atomic mass is 9.84. The van der Waals surface area contributed by atoms with E-state index in [1.807, 2.05) is 0 Å². The standard InChI is InChI=1S/C22H20O8/c1-11(2)27-21(25)29-13-5-7-15-17(9-13)19(23)16-8-6-14(10-18(16)20(15)24)30-22(26)28-12(3)4/h5-12H,1-4H3. The predicted molar refractivity (Wildman–Crippen MR) is 104 cm³/mol. The summed E-state index contributed by atoms with van der Waals surface area (Å²) in [6, 6.07) is 8.25. The van der Waals surface area contributed by atoms with Crippen molar-refractivity contribution >= 4 is 23.9 Å². The smallest absolute Gasteiger partial charge is 0.431 e. The van der Waals surface area contributed by atoms with Gasteiger partial charge in [0.05, 0.1) is 12.2 Å². The average Bonchev–Trinajstić information content (AvgIpc) is 2.64. The second-order valence-electron chi connectivity index (χ2n) is 7.11. The number of hydrogen-bond acceptors (Lipinski definition) is 8. The van der Waals surface area contributed by atoms with Crippen LogP contribution in [0.2, 0.25) is 0 Å². The average molecular weight is 412 g/mol. The second kappa shape index (κ2) is 8.36. The van der Waals surface area contributed by atoms with Crippen molar-refractivity contribution in [3.63, 3.8) is 0 Å². The van der Waals surface area contributed by atoms with Crippen molar-refractivity contribution in [1.82, 2.24) is 0 Å². The van der Waals surface area contributed by atoms with Crippen molar-refractivity contribution < 1.29 is 38.1 Å². The van der Waals surface area contributed by atoms with Gasteiger partial charge >= 0.3 is 12.3 Å². The normalized spacial score (nSPS) is 12.3. The summed E-state index contributed by atoms with van der Waals surface area (Å²) in [5.41, 5.74) is 0.517. The van der Waals surface area contributed by atoms with Gasteiger partial charge in [0, 0.05) is 22.3 Å². The Balaban J connectivity index is 1.87. The number of hydrogen-bond donors (Lipinski definition) is 0. The third kappa shape index (κ3) is 4.48. The number of carbonyl (C=O) groups excluding carboxylic acids is 4. The van der Waals surface area contributed by atoms with Gasteiger partial charge in [0.15, 0.2) is 11.6 Å². The third-order valence-corrected chi connectivity index (χ3v) is 4.03. The predicted octanol–water partition coefficient (Wildman–Crippen LogP) is 4.31. The molecule has 0 heterocycles. The van der Waals surface area contributed by atoms with E-state index in [2.05, 4.69) is 0 Å². The highest BCUT2D eigenvalue weighted by atomic mass is 16.7. The van der Waals surface area contributed by atoms with Gasteiger partial charge in [-0.05, 0) is 64.1 Å². The molecule has 3 rings (SSSR count). The lowest BCUT2D eigenvalue weighted by Crippen LogP contribution is -2.22. The largest absolute Gasteiger partial charge is 0.514 e. The maximum atomic E-state index is 12.9. The van der Waals surface area contributed by atoms with Crippen molar-refractivity contribution in [2.24, 2.45) is 0 Å². The van der Waals surface area contributed by atoms with Crippen molar-refractivity contribution in [3.8, 4) is 11.5 Å². The van der Waals surface area contributed by atoms with Crippen LogP contribution in [-0.2, 0) is 9.47 Å². The van der Waals surface area contributed by atoms with Gasteiger partial charge in [0.2, 0.25) is 0 Å². The SMILES string of the molecule is CC(C)OC(=O)Oc1ccc2c(c1)C(=O)c1ccc(OC(=O)OC(C)C)cc1C2=O. The minimum Gasteiger partial charge on any atom is -0.431 e. The van der Waals surface area contributed by atoms with Crippen LogP contribution in [0.1, 0.15) is 59.5 Å². The summed E-state index contributed by atoms with van der Waals surface area (Å²) in [6.45, 7) is 6.70. The molecule has 2 aromatic carbocycles. The van der Waals surface area contributed by atoms with Crippen LogP contribution >= 0.6 is 0 Å². The van der Waals surface area contributed by atoms with Crippen LogP contribution in [0.5, 0.6) is 11.5 Å². The molecule has 0 fully saturated rings. The van der Waals surface area contributed by atoms with Gasteiger partial charge in [-0.2, -0.15) is 0 Å². The fourth-order valence-corrected chi connectivity index (χ4v) is 2.86. The summed E-state index contributed by atoms with van der Waals surface area (Å²) in [5.74, 6) is -0.669. The molecule has 8 heteroatoms. The lowest BCUT2D eigenvalue weighted by Gasteiger charge is -2.19. The Morgan fingerprint density at radius 3 is 1.33 bits per heavy atom. The molecule has 0 aliphatic heterocycles. The molecule has 0 saturated heterocycles. The molecule has 0 radical (unpaired) electrons.